The van der Waals surface area contributed by atoms with Gasteiger partial charge in [-0.05, 0) is 12.8 Å². The first kappa shape index (κ1) is 4.92. The third kappa shape index (κ3) is 1.69. The van der Waals surface area contributed by atoms with Gasteiger partial charge in [0.15, 0.2) is 0 Å². The van der Waals surface area contributed by atoms with Crippen LogP contribution in [-0.2, 0) is 0 Å². The molecule has 0 spiro atoms. The van der Waals surface area contributed by atoms with E-state index in [1.807, 2.05) is 0 Å². The topological polar surface area (TPSA) is 57.5 Å². The van der Waals surface area contributed by atoms with Crippen LogP contribution in [0, 0.1) is 0 Å². The molecule has 0 saturated heterocycles. The van der Waals surface area contributed by atoms with Crippen molar-refractivity contribution < 1.29 is 5.48 Å². The van der Waals surface area contributed by atoms with Crippen LogP contribution in [0.25, 0.3) is 0 Å². The first-order valence-corrected chi connectivity index (χ1v) is 1.65. The average Bonchev–Trinajstić information content (AvgIpc) is 1.75. The van der Waals surface area contributed by atoms with Crippen LogP contribution in [0.3, 0.4) is 0 Å². The summed E-state index contributed by atoms with van der Waals surface area (Å²) in [4.78, 5) is 0. The van der Waals surface area contributed by atoms with Gasteiger partial charge in [0, 0.05) is 6.04 Å². The van der Waals surface area contributed by atoms with Gasteiger partial charge in [0.1, 0.15) is 0 Å². The van der Waals surface area contributed by atoms with E-state index in [4.69, 9.17) is 5.73 Å². The molecule has 1 rings (SSSR count). The zero-order valence-corrected chi connectivity index (χ0v) is 3.07. The Morgan fingerprint density at radius 1 is 1.40 bits per heavy atom. The first-order chi connectivity index (χ1) is 1.89. The Hall–Kier alpha value is -0.0800. The molecule has 5 heavy (non-hydrogen) atoms. The number of hydrogen-bond donors (Lipinski definition) is 1. The maximum atomic E-state index is 5.22. The highest BCUT2D eigenvalue weighted by Crippen LogP contribution is 2.13. The lowest BCUT2D eigenvalue weighted by Crippen LogP contribution is -1.94. The van der Waals surface area contributed by atoms with Gasteiger partial charge in [0.2, 0.25) is 0 Å². The quantitative estimate of drug-likeness (QED) is 0.406. The highest BCUT2D eigenvalue weighted by Gasteiger charge is 2.13. The Balaban J connectivity index is 0.000000160. The van der Waals surface area contributed by atoms with Crippen molar-refractivity contribution in [1.29, 1.82) is 0 Å². The molecular weight excluding hydrogens is 66.0 g/mol. The van der Waals surface area contributed by atoms with Crippen molar-refractivity contribution in [2.45, 2.75) is 18.9 Å². The van der Waals surface area contributed by atoms with Crippen molar-refractivity contribution in [2.24, 2.45) is 5.73 Å². The molecule has 0 aliphatic heterocycles. The standard InChI is InChI=1S/C3H7N.H2O/c4-3-1-2-3;/h3H,1-2,4H2;1H2. The molecule has 0 radical (unpaired) electrons. The predicted octanol–water partition coefficient (Wildman–Crippen LogP) is -0.717. The van der Waals surface area contributed by atoms with E-state index in [1.165, 1.54) is 12.8 Å². The summed E-state index contributed by atoms with van der Waals surface area (Å²) < 4.78 is 0. The molecular formula is C3H9NO. The van der Waals surface area contributed by atoms with E-state index in [9.17, 15) is 0 Å². The fourth-order valence-electron chi connectivity index (χ4n) is 0.0962. The van der Waals surface area contributed by atoms with E-state index >= 15 is 0 Å². The van der Waals surface area contributed by atoms with Gasteiger partial charge >= 0.3 is 0 Å². The lowest BCUT2D eigenvalue weighted by atomic mass is 10.8. The highest BCUT2D eigenvalue weighted by atomic mass is 16.0. The first-order valence-electron chi connectivity index (χ1n) is 1.65. The van der Waals surface area contributed by atoms with Crippen LogP contribution in [0.2, 0.25) is 0 Å². The summed E-state index contributed by atoms with van der Waals surface area (Å²) in [5, 5.41) is 0. The van der Waals surface area contributed by atoms with Crippen molar-refractivity contribution in [3.63, 3.8) is 0 Å². The SMILES string of the molecule is NC1CC1.O. The van der Waals surface area contributed by atoms with Crippen molar-refractivity contribution in [3.8, 4) is 0 Å². The lowest BCUT2D eigenvalue weighted by Gasteiger charge is -1.58. The Kier molecular flexibility index (Phi) is 1.36. The summed E-state index contributed by atoms with van der Waals surface area (Å²) in [6.45, 7) is 0. The van der Waals surface area contributed by atoms with E-state index in [-0.39, 0.29) is 5.48 Å². The van der Waals surface area contributed by atoms with Crippen LogP contribution >= 0.6 is 0 Å². The van der Waals surface area contributed by atoms with Crippen molar-refractivity contribution >= 4 is 0 Å². The number of hydrogen-bond acceptors (Lipinski definition) is 1. The molecule has 1 aliphatic rings. The lowest BCUT2D eigenvalue weighted by molar-refractivity contribution is 0.824. The van der Waals surface area contributed by atoms with Gasteiger partial charge in [0.25, 0.3) is 0 Å². The van der Waals surface area contributed by atoms with Crippen molar-refractivity contribution in [2.75, 3.05) is 0 Å². The summed E-state index contributed by atoms with van der Waals surface area (Å²) in [6, 6.07) is 0.583. The van der Waals surface area contributed by atoms with Crippen LogP contribution in [0.5, 0.6) is 0 Å². The molecule has 0 unspecified atom stereocenters. The molecule has 0 aromatic rings. The Labute approximate surface area is 31.3 Å². The van der Waals surface area contributed by atoms with Gasteiger partial charge in [-0.15, -0.1) is 0 Å². The molecule has 2 heteroatoms. The molecule has 1 saturated carbocycles. The van der Waals surface area contributed by atoms with Crippen LogP contribution in [0.1, 0.15) is 12.8 Å². The van der Waals surface area contributed by atoms with Gasteiger partial charge in [-0.1, -0.05) is 0 Å². The highest BCUT2D eigenvalue weighted by molar-refractivity contribution is 4.75. The van der Waals surface area contributed by atoms with Crippen LogP contribution in [0.4, 0.5) is 0 Å². The van der Waals surface area contributed by atoms with Gasteiger partial charge in [-0.25, -0.2) is 0 Å². The molecule has 0 amide bonds. The fraction of sp³-hybridized carbons (Fsp3) is 1.00. The second kappa shape index (κ2) is 1.38. The third-order valence-electron chi connectivity index (χ3n) is 0.622. The van der Waals surface area contributed by atoms with Gasteiger partial charge < -0.3 is 11.2 Å². The van der Waals surface area contributed by atoms with E-state index < -0.39 is 0 Å². The number of rotatable bonds is 0. The minimum atomic E-state index is 0. The molecule has 0 atom stereocenters. The Morgan fingerprint density at radius 2 is 1.60 bits per heavy atom. The average molecular weight is 75.1 g/mol. The minimum Gasteiger partial charge on any atom is -0.412 e. The van der Waals surface area contributed by atoms with Crippen LogP contribution in [0.15, 0.2) is 0 Å². The zero-order chi connectivity index (χ0) is 2.99. The summed E-state index contributed by atoms with van der Waals surface area (Å²) in [5.41, 5.74) is 5.22. The maximum absolute atomic E-state index is 5.22. The zero-order valence-electron chi connectivity index (χ0n) is 3.07. The molecule has 0 bridgehead atoms. The summed E-state index contributed by atoms with van der Waals surface area (Å²) in [6.07, 6.45) is 2.53. The summed E-state index contributed by atoms with van der Waals surface area (Å²) >= 11 is 0. The molecule has 0 aromatic carbocycles. The molecule has 1 fully saturated rings. The van der Waals surface area contributed by atoms with E-state index in [1.54, 1.807) is 0 Å². The van der Waals surface area contributed by atoms with E-state index in [0.29, 0.717) is 6.04 Å². The van der Waals surface area contributed by atoms with Gasteiger partial charge in [-0.3, -0.25) is 0 Å². The molecule has 32 valence electrons. The third-order valence-corrected chi connectivity index (χ3v) is 0.622. The minimum absolute atomic E-state index is 0. The van der Waals surface area contributed by atoms with Crippen molar-refractivity contribution in [3.05, 3.63) is 0 Å². The van der Waals surface area contributed by atoms with Crippen molar-refractivity contribution in [1.82, 2.24) is 0 Å². The Morgan fingerprint density at radius 3 is 1.60 bits per heavy atom. The molecule has 0 heterocycles. The smallest absolute Gasteiger partial charge is 0.00399 e. The molecule has 4 N–H and O–H groups in total. The van der Waals surface area contributed by atoms with E-state index in [0.717, 1.165) is 0 Å². The normalized spacial score (nSPS) is 21.0. The Bertz CT molecular complexity index is 26.1. The fourth-order valence-corrected chi connectivity index (χ4v) is 0.0962. The van der Waals surface area contributed by atoms with Crippen LogP contribution < -0.4 is 5.73 Å². The molecule has 0 aromatic heterocycles. The summed E-state index contributed by atoms with van der Waals surface area (Å²) in [7, 11) is 0. The monoisotopic (exact) mass is 75.1 g/mol. The van der Waals surface area contributed by atoms with Gasteiger partial charge in [-0.2, -0.15) is 0 Å². The second-order valence-electron chi connectivity index (χ2n) is 1.34. The predicted molar refractivity (Wildman–Crippen MR) is 20.8 cm³/mol. The number of nitrogens with two attached hydrogens (primary N) is 1. The van der Waals surface area contributed by atoms with E-state index in [2.05, 4.69) is 0 Å². The molecule has 1 aliphatic carbocycles. The maximum Gasteiger partial charge on any atom is 0.00399 e. The van der Waals surface area contributed by atoms with Gasteiger partial charge in [0.05, 0.1) is 0 Å². The second-order valence-corrected chi connectivity index (χ2v) is 1.34. The molecule has 2 nitrogen and oxygen atoms in total. The summed E-state index contributed by atoms with van der Waals surface area (Å²) in [5.74, 6) is 0. The largest absolute Gasteiger partial charge is 0.412 e. The van der Waals surface area contributed by atoms with Crippen LogP contribution in [-0.4, -0.2) is 11.5 Å².